The molecular formula is C57H62N4O9. The molecule has 0 spiro atoms. The number of amides is 2. The van der Waals surface area contributed by atoms with Crippen molar-refractivity contribution in [1.29, 1.82) is 0 Å². The average molecular weight is 947 g/mol. The quantitative estimate of drug-likeness (QED) is 0.0379. The van der Waals surface area contributed by atoms with Crippen LogP contribution in [0.1, 0.15) is 80.3 Å². The van der Waals surface area contributed by atoms with Gasteiger partial charge in [0.15, 0.2) is 5.75 Å². The Morgan fingerprint density at radius 1 is 0.743 bits per heavy atom. The van der Waals surface area contributed by atoms with Gasteiger partial charge in [0.2, 0.25) is 5.91 Å². The molecule has 4 aliphatic rings. The van der Waals surface area contributed by atoms with Gasteiger partial charge in [-0.05, 0) is 114 Å². The fraction of sp³-hybridized carbons (Fsp3) is 0.368. The molecule has 0 saturated heterocycles. The molecule has 0 aromatic heterocycles. The Morgan fingerprint density at radius 3 is 2.14 bits per heavy atom. The molecule has 0 radical (unpaired) electrons. The van der Waals surface area contributed by atoms with E-state index in [4.69, 9.17) is 28.4 Å². The number of fused-ring (bicyclic) bond motifs is 8. The van der Waals surface area contributed by atoms with E-state index in [9.17, 15) is 14.4 Å². The summed E-state index contributed by atoms with van der Waals surface area (Å²) in [4.78, 5) is 46.8. The maximum Gasteiger partial charge on any atom is 0.259 e. The number of carbonyl (C=O) groups is 3. The summed E-state index contributed by atoms with van der Waals surface area (Å²) in [7, 11) is 5.13. The third-order valence-electron chi connectivity index (χ3n) is 13.5. The summed E-state index contributed by atoms with van der Waals surface area (Å²) in [6, 6.07) is 29.7. The molecule has 2 atom stereocenters. The van der Waals surface area contributed by atoms with Crippen molar-refractivity contribution in [1.82, 2.24) is 0 Å². The summed E-state index contributed by atoms with van der Waals surface area (Å²) >= 11 is 0. The van der Waals surface area contributed by atoms with Gasteiger partial charge in [-0.15, -0.1) is 0 Å². The summed E-state index contributed by atoms with van der Waals surface area (Å²) in [6.07, 6.45) is 10.8. The standard InChI is InChI=1S/C57H62N4O9/c1-6-47(62)14-11-19-59(20-21-67-24-25-68-23-22-65-4)45-28-39(36-69-53-32-41-17-18-44-30-42-12-7-9-15-50(42)60(44)56(63)48(41)26-38(53)2)27-40(29-45)37-70-55-34-52-49(33-54(55)66-5)57(64)61-46(35-58(52)3)31-43-13-8-10-16-51(43)61/h7-10,12-13,15-18,26-29,32-34,44,46H,6,11,14,19-25,30-31,36-37H2,1-5H3/t44-,46+/m1/s1. The van der Waals surface area contributed by atoms with Gasteiger partial charge in [-0.1, -0.05) is 55.5 Å². The van der Waals surface area contributed by atoms with E-state index in [0.29, 0.717) is 106 Å². The van der Waals surface area contributed by atoms with E-state index in [1.807, 2.05) is 95.9 Å². The molecule has 5 aromatic carbocycles. The number of nitrogens with zero attached hydrogens (tertiary/aromatic N) is 4. The number of ketones is 1. The van der Waals surface area contributed by atoms with Crippen LogP contribution >= 0.6 is 0 Å². The smallest absolute Gasteiger partial charge is 0.259 e. The lowest BCUT2D eigenvalue weighted by Gasteiger charge is -2.26. The molecule has 4 aliphatic heterocycles. The van der Waals surface area contributed by atoms with Gasteiger partial charge >= 0.3 is 0 Å². The fourth-order valence-electron chi connectivity index (χ4n) is 9.86. The van der Waals surface area contributed by atoms with E-state index in [1.165, 1.54) is 5.56 Å². The van der Waals surface area contributed by atoms with Gasteiger partial charge < -0.3 is 47.7 Å². The van der Waals surface area contributed by atoms with Crippen LogP contribution in [0.2, 0.25) is 0 Å². The third-order valence-corrected chi connectivity index (χ3v) is 13.5. The number of Topliss-reactive ketones (excluding diaryl/α,β-unsaturated/α-hetero) is 1. The lowest BCUT2D eigenvalue weighted by Crippen LogP contribution is -2.38. The van der Waals surface area contributed by atoms with E-state index in [-0.39, 0.29) is 42.9 Å². The van der Waals surface area contributed by atoms with E-state index >= 15 is 0 Å². The zero-order valence-electron chi connectivity index (χ0n) is 40.8. The molecule has 9 rings (SSSR count). The Labute approximate surface area is 410 Å². The Morgan fingerprint density at radius 2 is 1.41 bits per heavy atom. The highest BCUT2D eigenvalue weighted by Crippen LogP contribution is 2.42. The Bertz CT molecular complexity index is 2820. The Kier molecular flexibility index (Phi) is 15.1. The second kappa shape index (κ2) is 21.9. The minimum absolute atomic E-state index is 0.0167. The van der Waals surface area contributed by atoms with Crippen LogP contribution in [-0.4, -0.2) is 108 Å². The van der Waals surface area contributed by atoms with E-state index < -0.39 is 0 Å². The zero-order chi connectivity index (χ0) is 48.7. The molecular weight excluding hydrogens is 885 g/mol. The topological polar surface area (TPSA) is 119 Å². The van der Waals surface area contributed by atoms with Crippen LogP contribution < -0.4 is 28.9 Å². The molecule has 0 fully saturated rings. The number of ether oxygens (including phenoxy) is 6. The van der Waals surface area contributed by atoms with Crippen molar-refractivity contribution >= 4 is 52.6 Å². The van der Waals surface area contributed by atoms with Gasteiger partial charge in [-0.3, -0.25) is 14.4 Å². The van der Waals surface area contributed by atoms with Crippen molar-refractivity contribution < 1.29 is 47.4 Å². The molecule has 13 nitrogen and oxygen atoms in total. The number of para-hydroxylation sites is 2. The van der Waals surface area contributed by atoms with Crippen molar-refractivity contribution in [2.75, 3.05) is 82.1 Å². The molecule has 0 saturated carbocycles. The van der Waals surface area contributed by atoms with Crippen LogP contribution in [0, 0.1) is 6.92 Å². The average Bonchev–Trinajstić information content (AvgIpc) is 3.87. The number of hydrogen-bond acceptors (Lipinski definition) is 10. The number of aryl methyl sites for hydroxylation is 1. The number of methoxy groups -OCH3 is 2. The largest absolute Gasteiger partial charge is 0.493 e. The molecule has 5 aromatic rings. The van der Waals surface area contributed by atoms with Crippen LogP contribution in [0.3, 0.4) is 0 Å². The van der Waals surface area contributed by atoms with Gasteiger partial charge in [-0.2, -0.15) is 0 Å². The first-order valence-corrected chi connectivity index (χ1v) is 24.3. The summed E-state index contributed by atoms with van der Waals surface area (Å²) in [5.74, 6) is 1.69. The first-order chi connectivity index (χ1) is 34.1. The van der Waals surface area contributed by atoms with E-state index in [0.717, 1.165) is 51.3 Å². The van der Waals surface area contributed by atoms with Crippen molar-refractivity contribution in [3.63, 3.8) is 0 Å². The Hall–Kier alpha value is -6.80. The lowest BCUT2D eigenvalue weighted by molar-refractivity contribution is -0.401. The molecule has 364 valence electrons. The van der Waals surface area contributed by atoms with Gasteiger partial charge in [0.25, 0.3) is 5.91 Å². The summed E-state index contributed by atoms with van der Waals surface area (Å²) < 4.78 is 37.8. The molecule has 13 heteroatoms. The molecule has 4 heterocycles. The highest BCUT2D eigenvalue weighted by molar-refractivity contribution is 6.13. The minimum Gasteiger partial charge on any atom is -0.493 e. The van der Waals surface area contributed by atoms with Gasteiger partial charge in [0.1, 0.15) is 37.5 Å². The maximum atomic E-state index is 14.3. The fourth-order valence-corrected chi connectivity index (χ4v) is 9.86. The van der Waals surface area contributed by atoms with Crippen molar-refractivity contribution in [3.8, 4) is 17.2 Å². The summed E-state index contributed by atoms with van der Waals surface area (Å²) in [6.45, 7) is 7.86. The van der Waals surface area contributed by atoms with Crippen LogP contribution in [0.4, 0.5) is 22.7 Å². The number of benzene rings is 5. The highest BCUT2D eigenvalue weighted by atomic mass is 16.5. The van der Waals surface area contributed by atoms with Crippen LogP contribution in [0.5, 0.6) is 17.2 Å². The number of rotatable bonds is 22. The van der Waals surface area contributed by atoms with Crippen LogP contribution in [0.15, 0.2) is 97.1 Å². The number of anilines is 3. The highest BCUT2D eigenvalue weighted by Gasteiger charge is 2.37. The van der Waals surface area contributed by atoms with Crippen LogP contribution in [-0.2, 0) is 45.1 Å². The molecule has 2 amide bonds. The predicted octanol–water partition coefficient (Wildman–Crippen LogP) is 8.81. The Balaban J connectivity index is 0.991. The third kappa shape index (κ3) is 10.4. The first-order valence-electron chi connectivity index (χ1n) is 24.3. The van der Waals surface area contributed by atoms with Gasteiger partial charge in [0.05, 0.1) is 51.9 Å². The molecule has 0 unspecified atom stereocenters. The monoisotopic (exact) mass is 946 g/mol. The van der Waals surface area contributed by atoms with Crippen LogP contribution in [0.25, 0.3) is 6.08 Å². The molecule has 0 aliphatic carbocycles. The SMILES string of the molecule is CCC(=O)CCCN(CCOCCOCCOC)c1cc(COc2cc3c(cc2C)C(=O)N2c4ccccc4C[C@H]2C=C3)cc(COc2cc3c(cc2OC)C(=O)N2c4ccccc4C[C@H]2[C-]=[N+]3C)c1. The van der Waals surface area contributed by atoms with Gasteiger partial charge in [0, 0.05) is 73.5 Å². The zero-order valence-corrected chi connectivity index (χ0v) is 40.8. The maximum absolute atomic E-state index is 14.3. The normalized spacial score (nSPS) is 16.3. The van der Waals surface area contributed by atoms with Crippen molar-refractivity contribution in [2.24, 2.45) is 0 Å². The predicted molar refractivity (Wildman–Crippen MR) is 271 cm³/mol. The van der Waals surface area contributed by atoms with Crippen molar-refractivity contribution in [2.45, 2.75) is 71.2 Å². The summed E-state index contributed by atoms with van der Waals surface area (Å²) in [5, 5.41) is 0. The lowest BCUT2D eigenvalue weighted by atomic mass is 10.0. The van der Waals surface area contributed by atoms with Gasteiger partial charge in [-0.25, -0.2) is 0 Å². The number of hydrogen-bond donors (Lipinski definition) is 0. The first kappa shape index (κ1) is 48.2. The molecule has 0 bridgehead atoms. The van der Waals surface area contributed by atoms with E-state index in [2.05, 4.69) is 47.5 Å². The summed E-state index contributed by atoms with van der Waals surface area (Å²) in [5.41, 5.74) is 10.3. The minimum atomic E-state index is -0.242. The second-order valence-electron chi connectivity index (χ2n) is 18.2. The van der Waals surface area contributed by atoms with Crippen molar-refractivity contribution in [3.05, 3.63) is 142 Å². The second-order valence-corrected chi connectivity index (χ2v) is 18.2. The number of carbonyl (C=O) groups excluding carboxylic acids is 3. The molecule has 0 N–H and O–H groups in total. The van der Waals surface area contributed by atoms with E-state index in [1.54, 1.807) is 20.3 Å². The molecule has 70 heavy (non-hydrogen) atoms.